The van der Waals surface area contributed by atoms with Crippen LogP contribution in [0.3, 0.4) is 0 Å². The Labute approximate surface area is 60.5 Å². The molecule has 0 atom stereocenters. The molecular formula is C4H9NO2S2. The molecule has 1 aliphatic heterocycles. The van der Waals surface area contributed by atoms with Crippen molar-refractivity contribution in [3.8, 4) is 0 Å². The van der Waals surface area contributed by atoms with Crippen LogP contribution in [0.4, 0.5) is 0 Å². The van der Waals surface area contributed by atoms with Crippen LogP contribution in [0.5, 0.6) is 0 Å². The fourth-order valence-electron chi connectivity index (χ4n) is 0.717. The SMILES string of the molecule is O=[SH](=O)N1CCSCC1. The third-order valence-corrected chi connectivity index (χ3v) is 3.02. The maximum absolute atomic E-state index is 10.3. The van der Waals surface area contributed by atoms with E-state index >= 15 is 0 Å². The van der Waals surface area contributed by atoms with Crippen molar-refractivity contribution in [2.75, 3.05) is 24.6 Å². The predicted octanol–water partition coefficient (Wildman–Crippen LogP) is -0.438. The zero-order valence-electron chi connectivity index (χ0n) is 4.95. The minimum Gasteiger partial charge on any atom is -0.215 e. The fourth-order valence-corrected chi connectivity index (χ4v) is 2.42. The first-order chi connectivity index (χ1) is 4.30. The number of hydrogen-bond donors (Lipinski definition) is 1. The Bertz CT molecular complexity index is 143. The molecule has 9 heavy (non-hydrogen) atoms. The van der Waals surface area contributed by atoms with Gasteiger partial charge in [0, 0.05) is 24.6 Å². The van der Waals surface area contributed by atoms with Gasteiger partial charge in [-0.3, -0.25) is 0 Å². The van der Waals surface area contributed by atoms with E-state index < -0.39 is 10.9 Å². The Morgan fingerprint density at radius 3 is 2.11 bits per heavy atom. The molecule has 1 fully saturated rings. The molecule has 0 aromatic heterocycles. The first-order valence-electron chi connectivity index (χ1n) is 2.77. The van der Waals surface area contributed by atoms with Crippen molar-refractivity contribution in [3.63, 3.8) is 0 Å². The Morgan fingerprint density at radius 1 is 1.22 bits per heavy atom. The van der Waals surface area contributed by atoms with Crippen molar-refractivity contribution in [3.05, 3.63) is 0 Å². The summed E-state index contributed by atoms with van der Waals surface area (Å²) in [6, 6.07) is 0. The molecule has 0 radical (unpaired) electrons. The minimum atomic E-state index is -2.30. The van der Waals surface area contributed by atoms with E-state index in [1.807, 2.05) is 0 Å². The average Bonchev–Trinajstić information content (AvgIpc) is 1.90. The molecule has 0 aromatic rings. The van der Waals surface area contributed by atoms with Crippen LogP contribution in [0.1, 0.15) is 0 Å². The van der Waals surface area contributed by atoms with Crippen LogP contribution >= 0.6 is 11.8 Å². The normalized spacial score (nSPS) is 22.8. The molecule has 0 spiro atoms. The Balaban J connectivity index is 2.40. The average molecular weight is 167 g/mol. The molecule has 3 nitrogen and oxygen atoms in total. The van der Waals surface area contributed by atoms with Crippen LogP contribution in [0.15, 0.2) is 0 Å². The maximum atomic E-state index is 10.3. The standard InChI is InChI=1S/C4H9NO2S2/c6-9(7)5-1-3-8-4-2-5/h9H,1-4H2. The Kier molecular flexibility index (Phi) is 2.81. The highest BCUT2D eigenvalue weighted by molar-refractivity contribution is 7.99. The number of thioether (sulfide) groups is 1. The van der Waals surface area contributed by atoms with E-state index in [2.05, 4.69) is 0 Å². The highest BCUT2D eigenvalue weighted by Gasteiger charge is 2.10. The van der Waals surface area contributed by atoms with Gasteiger partial charge in [0.25, 0.3) is 0 Å². The number of rotatable bonds is 1. The maximum Gasteiger partial charge on any atom is 0.203 e. The van der Waals surface area contributed by atoms with Gasteiger partial charge in [-0.05, 0) is 0 Å². The van der Waals surface area contributed by atoms with E-state index in [-0.39, 0.29) is 0 Å². The van der Waals surface area contributed by atoms with E-state index in [0.29, 0.717) is 13.1 Å². The second-order valence-corrected chi connectivity index (χ2v) is 4.07. The molecule has 0 saturated carbocycles. The van der Waals surface area contributed by atoms with Gasteiger partial charge in [-0.15, -0.1) is 0 Å². The van der Waals surface area contributed by atoms with Crippen LogP contribution in [0, 0.1) is 0 Å². The van der Waals surface area contributed by atoms with Crippen molar-refractivity contribution in [1.29, 1.82) is 0 Å². The Hall–Kier alpha value is 0.260. The van der Waals surface area contributed by atoms with E-state index in [9.17, 15) is 8.42 Å². The summed E-state index contributed by atoms with van der Waals surface area (Å²) >= 11 is 1.81. The van der Waals surface area contributed by atoms with Gasteiger partial charge in [0.15, 0.2) is 0 Å². The van der Waals surface area contributed by atoms with E-state index in [0.717, 1.165) is 11.5 Å². The summed E-state index contributed by atoms with van der Waals surface area (Å²) in [5.41, 5.74) is 0. The second-order valence-electron chi connectivity index (χ2n) is 1.80. The molecular weight excluding hydrogens is 158 g/mol. The highest BCUT2D eigenvalue weighted by atomic mass is 32.2. The van der Waals surface area contributed by atoms with Crippen LogP contribution in [-0.2, 0) is 10.9 Å². The van der Waals surface area contributed by atoms with Crippen molar-refractivity contribution in [2.45, 2.75) is 0 Å². The van der Waals surface area contributed by atoms with E-state index in [1.54, 1.807) is 11.8 Å². The van der Waals surface area contributed by atoms with Gasteiger partial charge in [0.1, 0.15) is 0 Å². The number of hydrogen-bond acceptors (Lipinski definition) is 3. The summed E-state index contributed by atoms with van der Waals surface area (Å²) in [5.74, 6) is 1.90. The molecule has 1 rings (SSSR count). The van der Waals surface area contributed by atoms with Crippen molar-refractivity contribution < 1.29 is 8.42 Å². The lowest BCUT2D eigenvalue weighted by Crippen LogP contribution is -2.30. The smallest absolute Gasteiger partial charge is 0.203 e. The van der Waals surface area contributed by atoms with Gasteiger partial charge in [-0.1, -0.05) is 0 Å². The minimum absolute atomic E-state index is 0.698. The van der Waals surface area contributed by atoms with Crippen LogP contribution < -0.4 is 0 Å². The number of thiol groups is 1. The van der Waals surface area contributed by atoms with Gasteiger partial charge < -0.3 is 0 Å². The third kappa shape index (κ3) is 2.15. The van der Waals surface area contributed by atoms with Gasteiger partial charge in [-0.2, -0.15) is 11.8 Å². The van der Waals surface area contributed by atoms with Crippen LogP contribution in [-0.4, -0.2) is 37.3 Å². The van der Waals surface area contributed by atoms with E-state index in [4.69, 9.17) is 0 Å². The molecule has 0 aliphatic carbocycles. The van der Waals surface area contributed by atoms with Crippen molar-refractivity contribution >= 4 is 22.7 Å². The molecule has 0 bridgehead atoms. The largest absolute Gasteiger partial charge is 0.215 e. The highest BCUT2D eigenvalue weighted by Crippen LogP contribution is 2.07. The zero-order valence-corrected chi connectivity index (χ0v) is 6.66. The van der Waals surface area contributed by atoms with E-state index in [1.165, 1.54) is 4.31 Å². The lowest BCUT2D eigenvalue weighted by atomic mass is 10.6. The van der Waals surface area contributed by atoms with Gasteiger partial charge >= 0.3 is 0 Å². The van der Waals surface area contributed by atoms with Crippen LogP contribution in [0.2, 0.25) is 0 Å². The molecule has 1 heterocycles. The van der Waals surface area contributed by atoms with Crippen molar-refractivity contribution in [1.82, 2.24) is 4.31 Å². The summed E-state index contributed by atoms with van der Waals surface area (Å²) < 4.78 is 22.1. The summed E-state index contributed by atoms with van der Waals surface area (Å²) in [6.07, 6.45) is 0. The molecule has 0 aromatic carbocycles. The summed E-state index contributed by atoms with van der Waals surface area (Å²) in [5, 5.41) is 0. The molecule has 5 heteroatoms. The first kappa shape index (κ1) is 7.37. The summed E-state index contributed by atoms with van der Waals surface area (Å²) in [7, 11) is -2.30. The quantitative estimate of drug-likeness (QED) is 0.538. The molecule has 0 amide bonds. The lowest BCUT2D eigenvalue weighted by molar-refractivity contribution is 0.461. The molecule has 0 N–H and O–H groups in total. The molecule has 54 valence electrons. The fraction of sp³-hybridized carbons (Fsp3) is 1.00. The molecule has 1 aliphatic rings. The first-order valence-corrected chi connectivity index (χ1v) is 5.06. The Morgan fingerprint density at radius 2 is 1.78 bits per heavy atom. The number of nitrogens with zero attached hydrogens (tertiary/aromatic N) is 1. The lowest BCUT2D eigenvalue weighted by Gasteiger charge is -2.18. The van der Waals surface area contributed by atoms with Gasteiger partial charge in [0.05, 0.1) is 0 Å². The summed E-state index contributed by atoms with van der Waals surface area (Å²) in [6.45, 7) is 1.40. The zero-order chi connectivity index (χ0) is 6.69. The topological polar surface area (TPSA) is 37.4 Å². The van der Waals surface area contributed by atoms with Crippen molar-refractivity contribution in [2.24, 2.45) is 0 Å². The molecule has 1 saturated heterocycles. The molecule has 0 unspecified atom stereocenters. The van der Waals surface area contributed by atoms with Gasteiger partial charge in [0.2, 0.25) is 10.9 Å². The summed E-state index contributed by atoms with van der Waals surface area (Å²) in [4.78, 5) is 0. The third-order valence-electron chi connectivity index (χ3n) is 1.22. The second kappa shape index (κ2) is 3.43. The van der Waals surface area contributed by atoms with Gasteiger partial charge in [-0.25, -0.2) is 12.7 Å². The van der Waals surface area contributed by atoms with Crippen LogP contribution in [0.25, 0.3) is 0 Å². The predicted molar refractivity (Wildman–Crippen MR) is 39.2 cm³/mol. The monoisotopic (exact) mass is 167 g/mol.